The average molecular weight is 439 g/mol. The van der Waals surface area contributed by atoms with Crippen LogP contribution in [-0.2, 0) is 17.1 Å². The summed E-state index contributed by atoms with van der Waals surface area (Å²) in [5.41, 5.74) is 0. The Balaban J connectivity index is 0.000000351. The van der Waals surface area contributed by atoms with Crippen LogP contribution in [0.1, 0.15) is 0 Å². The van der Waals surface area contributed by atoms with Gasteiger partial charge in [-0.3, -0.25) is 0 Å². The summed E-state index contributed by atoms with van der Waals surface area (Å²) in [6.07, 6.45) is 0. The minimum atomic E-state index is -0.551. The summed E-state index contributed by atoms with van der Waals surface area (Å²) < 4.78 is 0. The molecule has 0 amide bonds. The minimum Gasteiger partial charge on any atom is -0.748 e. The number of halogens is 2. The van der Waals surface area contributed by atoms with Crippen LogP contribution in [0.3, 0.4) is 0 Å². The molecular weight excluding hydrogens is 422 g/mol. The molecule has 4 heteroatoms. The molecule has 0 aromatic heterocycles. The van der Waals surface area contributed by atoms with Gasteiger partial charge in [0.25, 0.3) is 0 Å². The van der Waals surface area contributed by atoms with Crippen molar-refractivity contribution in [2.45, 2.75) is 0 Å². The van der Waals surface area contributed by atoms with Gasteiger partial charge in [-0.25, -0.2) is 12.1 Å². The Bertz CT molecular complexity index is 789. The number of hydrogen-bond acceptors (Lipinski definition) is 0. The predicted molar refractivity (Wildman–Crippen MR) is 113 cm³/mol. The molecule has 0 aliphatic carbocycles. The molecule has 0 aliphatic heterocycles. The Morgan fingerprint density at radius 3 is 1.31 bits per heavy atom. The van der Waals surface area contributed by atoms with Crippen molar-refractivity contribution in [1.29, 1.82) is 0 Å². The van der Waals surface area contributed by atoms with Crippen LogP contribution in [0.25, 0.3) is 0 Å². The maximum Gasteiger partial charge on any atom is 0.0406 e. The van der Waals surface area contributed by atoms with E-state index in [1.807, 2.05) is 54.6 Å². The first-order valence-corrected chi connectivity index (χ1v) is 10.0. The van der Waals surface area contributed by atoms with Gasteiger partial charge in [0.1, 0.15) is 0 Å². The van der Waals surface area contributed by atoms with Crippen LogP contribution < -0.4 is 15.9 Å². The molecule has 4 rings (SSSR count). The van der Waals surface area contributed by atoms with Crippen LogP contribution >= 0.6 is 31.1 Å². The van der Waals surface area contributed by atoms with E-state index < -0.39 is 7.92 Å². The van der Waals surface area contributed by atoms with Gasteiger partial charge in [-0.2, -0.15) is 12.1 Å². The summed E-state index contributed by atoms with van der Waals surface area (Å²) in [6, 6.07) is 34.7. The molecule has 138 valence electrons. The molecule has 4 aromatic carbocycles. The zero-order chi connectivity index (χ0) is 17.5. The summed E-state index contributed by atoms with van der Waals surface area (Å²) in [4.78, 5) is 0. The van der Waals surface area contributed by atoms with Crippen molar-refractivity contribution in [3.8, 4) is 0 Å². The van der Waals surface area contributed by atoms with Crippen LogP contribution in [0.5, 0.6) is 0 Å². The van der Waals surface area contributed by atoms with Crippen LogP contribution in [0, 0.1) is 0 Å². The second kappa shape index (κ2) is 10.7. The first-order chi connectivity index (χ1) is 12.2. The predicted octanol–water partition coefficient (Wildman–Crippen LogP) is 5.87. The Morgan fingerprint density at radius 1 is 0.615 bits per heavy atom. The van der Waals surface area contributed by atoms with Crippen molar-refractivity contribution >= 4 is 47.0 Å². The van der Waals surface area contributed by atoms with Crippen molar-refractivity contribution in [3.63, 3.8) is 0 Å². The fourth-order valence-corrected chi connectivity index (χ4v) is 4.97. The van der Waals surface area contributed by atoms with Crippen LogP contribution in [0.4, 0.5) is 0 Å². The van der Waals surface area contributed by atoms with Crippen molar-refractivity contribution in [2.24, 2.45) is 0 Å². The molecule has 4 aromatic rings. The van der Waals surface area contributed by atoms with E-state index in [2.05, 4.69) is 48.5 Å². The van der Waals surface area contributed by atoms with Gasteiger partial charge in [-0.1, -0.05) is 55.4 Å². The molecule has 0 saturated heterocycles. The number of rotatable bonds is 3. The molecule has 0 N–H and O–H groups in total. The van der Waals surface area contributed by atoms with E-state index >= 15 is 0 Å². The molecule has 0 fully saturated rings. The smallest absolute Gasteiger partial charge is 0.0406 e. The largest absolute Gasteiger partial charge is 0.748 e. The van der Waals surface area contributed by atoms with Crippen molar-refractivity contribution in [2.75, 3.05) is 0 Å². The molecule has 0 nitrogen and oxygen atoms in total. The number of hydrogen-bond donors (Lipinski definition) is 0. The van der Waals surface area contributed by atoms with Crippen molar-refractivity contribution in [3.05, 3.63) is 113 Å². The quantitative estimate of drug-likeness (QED) is 0.213. The van der Waals surface area contributed by atoms with E-state index in [1.54, 1.807) is 0 Å². The monoisotopic (exact) mass is 438 g/mol. The molecule has 0 spiro atoms. The van der Waals surface area contributed by atoms with Gasteiger partial charge in [-0.05, 0) is 34.9 Å². The third-order valence-corrected chi connectivity index (χ3v) is 6.58. The fourth-order valence-electron chi connectivity index (χ4n) is 2.46. The average Bonchev–Trinajstić information content (AvgIpc) is 3.35. The van der Waals surface area contributed by atoms with Gasteiger partial charge in [0, 0.05) is 27.1 Å². The van der Waals surface area contributed by atoms with Gasteiger partial charge in [0.15, 0.2) is 0 Å². The summed E-state index contributed by atoms with van der Waals surface area (Å²) in [5.74, 6) is 0. The summed E-state index contributed by atoms with van der Waals surface area (Å²) in [7, 11) is -0.551. The Kier molecular flexibility index (Phi) is 8.66. The van der Waals surface area contributed by atoms with Gasteiger partial charge >= 0.3 is 0 Å². The van der Waals surface area contributed by atoms with Crippen LogP contribution in [0.2, 0.25) is 10.0 Å². The minimum absolute atomic E-state index is 0. The molecule has 0 aliphatic rings. The third-order valence-electron chi connectivity index (χ3n) is 3.63. The van der Waals surface area contributed by atoms with E-state index in [4.69, 9.17) is 23.2 Å². The molecule has 0 heterocycles. The second-order valence-corrected chi connectivity index (χ2v) is 8.49. The summed E-state index contributed by atoms with van der Waals surface area (Å²) in [5, 5.41) is 5.45. The topological polar surface area (TPSA) is 0 Å². The molecule has 26 heavy (non-hydrogen) atoms. The fraction of sp³-hybridized carbons (Fsp3) is 0. The van der Waals surface area contributed by atoms with E-state index in [0.717, 1.165) is 10.0 Å². The Labute approximate surface area is 176 Å². The van der Waals surface area contributed by atoms with Gasteiger partial charge in [-0.15, -0.1) is 5.30 Å². The van der Waals surface area contributed by atoms with E-state index in [-0.39, 0.29) is 17.1 Å². The second-order valence-electron chi connectivity index (χ2n) is 5.39. The van der Waals surface area contributed by atoms with Crippen molar-refractivity contribution in [1.82, 2.24) is 0 Å². The van der Waals surface area contributed by atoms with E-state index in [0.29, 0.717) is 0 Å². The molecule has 0 unspecified atom stereocenters. The standard InChI is InChI=1S/C17H12Cl2P.C5H5.Fe/c18-13-5-9-16(10-6-13)20(15-3-1-2-4-15)17-11-7-14(19)8-12-17;1-2-4-5-3-1;/h1-12H;1-5H;/q-1;-5;. The normalized spacial score (nSPS) is 9.96. The zero-order valence-corrected chi connectivity index (χ0v) is 17.4. The van der Waals surface area contributed by atoms with Crippen LogP contribution in [0.15, 0.2) is 103 Å². The maximum absolute atomic E-state index is 6.00. The Morgan fingerprint density at radius 2 is 0.962 bits per heavy atom. The SMILES string of the molecule is Clc1ccc(P(c2ccc(Cl)cc2)[c-]2cccc2)cc1.[Fe].[cH-]1[cH-][cH-][cH-][cH-]1. The van der Waals surface area contributed by atoms with E-state index in [1.165, 1.54) is 15.9 Å². The molecule has 0 bridgehead atoms. The van der Waals surface area contributed by atoms with Gasteiger partial charge in [0.2, 0.25) is 0 Å². The molecule has 0 atom stereocenters. The maximum atomic E-state index is 6.00. The van der Waals surface area contributed by atoms with Crippen molar-refractivity contribution < 1.29 is 17.1 Å². The zero-order valence-electron chi connectivity index (χ0n) is 13.9. The first kappa shape index (κ1) is 21.0. The molecular formula is C22H17Cl2FeP-6. The summed E-state index contributed by atoms with van der Waals surface area (Å²) >= 11 is 12.0. The first-order valence-electron chi connectivity index (χ1n) is 7.94. The van der Waals surface area contributed by atoms with E-state index in [9.17, 15) is 0 Å². The van der Waals surface area contributed by atoms with Crippen LogP contribution in [-0.4, -0.2) is 0 Å². The molecule has 0 radical (unpaired) electrons. The van der Waals surface area contributed by atoms with Gasteiger partial charge < -0.3 is 30.3 Å². The van der Waals surface area contributed by atoms with Gasteiger partial charge in [0.05, 0.1) is 0 Å². The Hall–Kier alpha value is -1.33. The summed E-state index contributed by atoms with van der Waals surface area (Å²) in [6.45, 7) is 0. The third kappa shape index (κ3) is 5.85. The number of benzene rings is 2. The molecule has 0 saturated carbocycles.